The highest BCUT2D eigenvalue weighted by molar-refractivity contribution is 5.74. The number of hydrogen-bond donors (Lipinski definition) is 2. The van der Waals surface area contributed by atoms with Crippen LogP contribution in [0.25, 0.3) is 0 Å². The number of carboxylic acids is 1. The number of rotatable bonds is 9. The van der Waals surface area contributed by atoms with Gasteiger partial charge < -0.3 is 15.3 Å². The van der Waals surface area contributed by atoms with Gasteiger partial charge in [0.05, 0.1) is 0 Å². The van der Waals surface area contributed by atoms with Gasteiger partial charge in [0, 0.05) is 26.1 Å². The maximum Gasteiger partial charge on any atom is 0.317 e. The van der Waals surface area contributed by atoms with E-state index in [1.807, 2.05) is 13.8 Å². The minimum atomic E-state index is -0.812. The fourth-order valence-electron chi connectivity index (χ4n) is 1.81. The topological polar surface area (TPSA) is 69.6 Å². The van der Waals surface area contributed by atoms with Crippen LogP contribution in [0.1, 0.15) is 47.0 Å². The zero-order valence-corrected chi connectivity index (χ0v) is 12.6. The third-order valence-electron chi connectivity index (χ3n) is 3.48. The van der Waals surface area contributed by atoms with E-state index < -0.39 is 5.97 Å². The molecule has 2 unspecified atom stereocenters. The van der Waals surface area contributed by atoms with Gasteiger partial charge in [-0.25, -0.2) is 4.79 Å². The summed E-state index contributed by atoms with van der Waals surface area (Å²) in [6.07, 6.45) is 1.90. The van der Waals surface area contributed by atoms with Crippen LogP contribution in [0, 0.1) is 11.8 Å². The summed E-state index contributed by atoms with van der Waals surface area (Å²) in [5, 5.41) is 11.6. The van der Waals surface area contributed by atoms with Crippen LogP contribution < -0.4 is 5.32 Å². The van der Waals surface area contributed by atoms with Gasteiger partial charge in [-0.3, -0.25) is 4.79 Å². The highest BCUT2D eigenvalue weighted by atomic mass is 16.4. The second-order valence-corrected chi connectivity index (χ2v) is 5.11. The fourth-order valence-corrected chi connectivity index (χ4v) is 1.81. The van der Waals surface area contributed by atoms with Crippen LogP contribution in [0.3, 0.4) is 0 Å². The van der Waals surface area contributed by atoms with Gasteiger partial charge >= 0.3 is 12.0 Å². The van der Waals surface area contributed by atoms with Gasteiger partial charge in [-0.1, -0.05) is 33.6 Å². The van der Waals surface area contributed by atoms with Crippen LogP contribution in [-0.4, -0.2) is 41.6 Å². The molecule has 0 aliphatic carbocycles. The van der Waals surface area contributed by atoms with Gasteiger partial charge in [0.1, 0.15) is 0 Å². The summed E-state index contributed by atoms with van der Waals surface area (Å²) in [4.78, 5) is 24.4. The first kappa shape index (κ1) is 17.7. The second-order valence-electron chi connectivity index (χ2n) is 5.11. The molecule has 0 bridgehead atoms. The number of carboxylic acid groups (broad SMARTS) is 1. The average Bonchev–Trinajstić information content (AvgIpc) is 2.39. The zero-order chi connectivity index (χ0) is 14.8. The standard InChI is InChI=1S/C14H28N2O3/c1-5-11(4)10-16(7-3)14(19)15-9-12(6-2)8-13(17)18/h11-12H,5-10H2,1-4H3,(H,15,19)(H,17,18). The van der Waals surface area contributed by atoms with E-state index in [-0.39, 0.29) is 18.4 Å². The molecular formula is C14H28N2O3. The van der Waals surface area contributed by atoms with Crippen molar-refractivity contribution in [2.24, 2.45) is 11.8 Å². The van der Waals surface area contributed by atoms with Gasteiger partial charge in [0.2, 0.25) is 0 Å². The predicted octanol–water partition coefficient (Wildman–Crippen LogP) is 2.56. The molecule has 2 atom stereocenters. The maximum absolute atomic E-state index is 12.0. The van der Waals surface area contributed by atoms with Crippen molar-refractivity contribution in [1.29, 1.82) is 0 Å². The monoisotopic (exact) mass is 272 g/mol. The number of nitrogens with zero attached hydrogens (tertiary/aromatic N) is 1. The maximum atomic E-state index is 12.0. The molecule has 0 aromatic rings. The summed E-state index contributed by atoms with van der Waals surface area (Å²) >= 11 is 0. The van der Waals surface area contributed by atoms with Crippen molar-refractivity contribution >= 4 is 12.0 Å². The molecule has 2 N–H and O–H groups in total. The smallest absolute Gasteiger partial charge is 0.317 e. The largest absolute Gasteiger partial charge is 0.481 e. The minimum absolute atomic E-state index is 0.00348. The van der Waals surface area contributed by atoms with Crippen LogP contribution in [0.5, 0.6) is 0 Å². The summed E-state index contributed by atoms with van der Waals surface area (Å²) < 4.78 is 0. The van der Waals surface area contributed by atoms with Crippen LogP contribution >= 0.6 is 0 Å². The molecule has 0 heterocycles. The molecule has 0 saturated heterocycles. The van der Waals surface area contributed by atoms with E-state index in [9.17, 15) is 9.59 Å². The third kappa shape index (κ3) is 7.70. The molecule has 0 radical (unpaired) electrons. The normalized spacial score (nSPS) is 13.7. The van der Waals surface area contributed by atoms with E-state index in [0.29, 0.717) is 19.0 Å². The van der Waals surface area contributed by atoms with Crippen LogP contribution in [0.4, 0.5) is 4.79 Å². The molecule has 0 aromatic heterocycles. The number of nitrogens with one attached hydrogen (secondary N) is 1. The molecule has 0 aliphatic heterocycles. The lowest BCUT2D eigenvalue weighted by molar-refractivity contribution is -0.138. The van der Waals surface area contributed by atoms with Gasteiger partial charge in [0.25, 0.3) is 0 Å². The molecule has 5 heteroatoms. The molecule has 112 valence electrons. The Morgan fingerprint density at radius 2 is 1.84 bits per heavy atom. The quantitative estimate of drug-likeness (QED) is 0.677. The van der Waals surface area contributed by atoms with Crippen molar-refractivity contribution in [3.8, 4) is 0 Å². The average molecular weight is 272 g/mol. The summed E-state index contributed by atoms with van der Waals surface area (Å²) in [5.41, 5.74) is 0. The van der Waals surface area contributed by atoms with E-state index in [0.717, 1.165) is 19.4 Å². The Kier molecular flexibility index (Phi) is 9.00. The van der Waals surface area contributed by atoms with Crippen LogP contribution in [-0.2, 0) is 4.79 Å². The first-order valence-electron chi connectivity index (χ1n) is 7.18. The number of amides is 2. The van der Waals surface area contributed by atoms with Crippen molar-refractivity contribution in [1.82, 2.24) is 10.2 Å². The van der Waals surface area contributed by atoms with Crippen LogP contribution in [0.15, 0.2) is 0 Å². The van der Waals surface area contributed by atoms with E-state index in [1.54, 1.807) is 4.90 Å². The first-order valence-corrected chi connectivity index (χ1v) is 7.18. The number of carbonyl (C=O) groups is 2. The van der Waals surface area contributed by atoms with E-state index in [2.05, 4.69) is 19.2 Å². The summed E-state index contributed by atoms with van der Waals surface area (Å²) in [6, 6.07) is -0.0911. The number of hydrogen-bond acceptors (Lipinski definition) is 2. The molecule has 0 rings (SSSR count). The van der Waals surface area contributed by atoms with Gasteiger partial charge in [-0.15, -0.1) is 0 Å². The Morgan fingerprint density at radius 3 is 2.26 bits per heavy atom. The van der Waals surface area contributed by atoms with Crippen molar-refractivity contribution in [3.63, 3.8) is 0 Å². The summed E-state index contributed by atoms with van der Waals surface area (Å²) in [6.45, 7) is 9.97. The highest BCUT2D eigenvalue weighted by Crippen LogP contribution is 2.08. The summed E-state index contributed by atoms with van der Waals surface area (Å²) in [7, 11) is 0. The van der Waals surface area contributed by atoms with Crippen LogP contribution in [0.2, 0.25) is 0 Å². The molecule has 0 aromatic carbocycles. The van der Waals surface area contributed by atoms with Gasteiger partial charge in [-0.05, 0) is 18.8 Å². The molecule has 5 nitrogen and oxygen atoms in total. The fraction of sp³-hybridized carbons (Fsp3) is 0.857. The van der Waals surface area contributed by atoms with Crippen molar-refractivity contribution < 1.29 is 14.7 Å². The van der Waals surface area contributed by atoms with E-state index in [4.69, 9.17) is 5.11 Å². The first-order chi connectivity index (χ1) is 8.94. The molecule has 0 spiro atoms. The molecule has 2 amide bonds. The Balaban J connectivity index is 4.21. The summed E-state index contributed by atoms with van der Waals surface area (Å²) in [5.74, 6) is -0.330. The Labute approximate surface area is 116 Å². The van der Waals surface area contributed by atoms with Gasteiger partial charge in [-0.2, -0.15) is 0 Å². The van der Waals surface area contributed by atoms with Crippen molar-refractivity contribution in [2.75, 3.05) is 19.6 Å². The number of carbonyl (C=O) groups excluding carboxylic acids is 1. The highest BCUT2D eigenvalue weighted by Gasteiger charge is 2.16. The van der Waals surface area contributed by atoms with E-state index >= 15 is 0 Å². The van der Waals surface area contributed by atoms with E-state index in [1.165, 1.54) is 0 Å². The van der Waals surface area contributed by atoms with Crippen molar-refractivity contribution in [3.05, 3.63) is 0 Å². The zero-order valence-electron chi connectivity index (χ0n) is 12.6. The molecule has 19 heavy (non-hydrogen) atoms. The molecule has 0 fully saturated rings. The Morgan fingerprint density at radius 1 is 1.21 bits per heavy atom. The lowest BCUT2D eigenvalue weighted by Gasteiger charge is -2.25. The lowest BCUT2D eigenvalue weighted by Crippen LogP contribution is -2.43. The second kappa shape index (κ2) is 9.64. The molecule has 0 aliphatic rings. The predicted molar refractivity (Wildman–Crippen MR) is 76.1 cm³/mol. The Bertz CT molecular complexity index is 282. The Hall–Kier alpha value is -1.26. The molecule has 0 saturated carbocycles. The number of aliphatic carboxylic acids is 1. The lowest BCUT2D eigenvalue weighted by atomic mass is 10.0. The third-order valence-corrected chi connectivity index (χ3v) is 3.48. The van der Waals surface area contributed by atoms with Gasteiger partial charge in [0.15, 0.2) is 0 Å². The minimum Gasteiger partial charge on any atom is -0.481 e. The molecular weight excluding hydrogens is 244 g/mol. The number of urea groups is 1. The van der Waals surface area contributed by atoms with Crippen molar-refractivity contribution in [2.45, 2.75) is 47.0 Å². The SMILES string of the molecule is CCC(C)CN(CC)C(=O)NCC(CC)CC(=O)O.